The molecule has 2 nitrogen and oxygen atoms in total. The molecule has 1 aromatic rings. The van der Waals surface area contributed by atoms with E-state index in [1.165, 1.54) is 5.56 Å². The highest BCUT2D eigenvalue weighted by Crippen LogP contribution is 2.02. The van der Waals surface area contributed by atoms with Crippen molar-refractivity contribution in [2.24, 2.45) is 5.92 Å². The van der Waals surface area contributed by atoms with Crippen LogP contribution in [0.5, 0.6) is 0 Å². The first-order valence-electron chi connectivity index (χ1n) is 5.98. The zero-order chi connectivity index (χ0) is 11.8. The van der Waals surface area contributed by atoms with Gasteiger partial charge in [-0.2, -0.15) is 0 Å². The molecule has 0 amide bonds. The molecule has 0 aliphatic heterocycles. The van der Waals surface area contributed by atoms with Gasteiger partial charge >= 0.3 is 0 Å². The monoisotopic (exact) mass is 221 g/mol. The van der Waals surface area contributed by atoms with Crippen molar-refractivity contribution in [3.8, 4) is 0 Å². The van der Waals surface area contributed by atoms with Gasteiger partial charge in [-0.1, -0.05) is 44.2 Å². The van der Waals surface area contributed by atoms with Crippen LogP contribution in [0, 0.1) is 5.92 Å². The maximum Gasteiger partial charge on any atom is 0.0593 e. The second-order valence-electron chi connectivity index (χ2n) is 4.69. The minimum absolute atomic E-state index is 0.624. The number of nitrogens with zero attached hydrogens (tertiary/aromatic N) is 1. The van der Waals surface area contributed by atoms with E-state index in [1.54, 1.807) is 0 Å². The highest BCUT2D eigenvalue weighted by Gasteiger charge is 2.00. The van der Waals surface area contributed by atoms with Crippen LogP contribution in [0.15, 0.2) is 30.3 Å². The van der Waals surface area contributed by atoms with Gasteiger partial charge in [-0.15, -0.1) is 0 Å². The Kier molecular flexibility index (Phi) is 6.12. The molecule has 0 heterocycles. The van der Waals surface area contributed by atoms with Crippen LogP contribution in [-0.4, -0.2) is 31.7 Å². The minimum atomic E-state index is 0.624. The molecule has 1 rings (SSSR count). The molecule has 1 aromatic carbocycles. The molecular formula is C14H23NO. The SMILES string of the molecule is CC(C)COCCN(C)Cc1ccccc1. The van der Waals surface area contributed by atoms with E-state index in [1.807, 2.05) is 0 Å². The molecule has 90 valence electrons. The first kappa shape index (κ1) is 13.2. The Morgan fingerprint density at radius 2 is 1.88 bits per heavy atom. The quantitative estimate of drug-likeness (QED) is 0.656. The Balaban J connectivity index is 2.14. The number of benzene rings is 1. The lowest BCUT2D eigenvalue weighted by Crippen LogP contribution is -2.23. The van der Waals surface area contributed by atoms with Gasteiger partial charge in [0, 0.05) is 19.7 Å². The first-order chi connectivity index (χ1) is 7.68. The summed E-state index contributed by atoms with van der Waals surface area (Å²) in [6.07, 6.45) is 0. The second-order valence-corrected chi connectivity index (χ2v) is 4.69. The molecule has 0 radical (unpaired) electrons. The van der Waals surface area contributed by atoms with E-state index in [9.17, 15) is 0 Å². The molecule has 2 heteroatoms. The van der Waals surface area contributed by atoms with E-state index < -0.39 is 0 Å². The average Bonchev–Trinajstić information content (AvgIpc) is 2.25. The minimum Gasteiger partial charge on any atom is -0.380 e. The Bertz CT molecular complexity index is 271. The van der Waals surface area contributed by atoms with E-state index in [4.69, 9.17) is 4.74 Å². The molecule has 16 heavy (non-hydrogen) atoms. The fourth-order valence-electron chi connectivity index (χ4n) is 1.51. The lowest BCUT2D eigenvalue weighted by molar-refractivity contribution is 0.0901. The maximum absolute atomic E-state index is 5.56. The third kappa shape index (κ3) is 5.89. The lowest BCUT2D eigenvalue weighted by atomic mass is 10.2. The maximum atomic E-state index is 5.56. The van der Waals surface area contributed by atoms with E-state index >= 15 is 0 Å². The molecule has 0 saturated carbocycles. The summed E-state index contributed by atoms with van der Waals surface area (Å²) in [6, 6.07) is 10.5. The second kappa shape index (κ2) is 7.42. The van der Waals surface area contributed by atoms with E-state index in [2.05, 4.69) is 56.1 Å². The highest BCUT2D eigenvalue weighted by atomic mass is 16.5. The molecule has 0 aliphatic carbocycles. The molecule has 0 aromatic heterocycles. The highest BCUT2D eigenvalue weighted by molar-refractivity contribution is 5.14. The van der Waals surface area contributed by atoms with Gasteiger partial charge in [-0.05, 0) is 18.5 Å². The standard InChI is InChI=1S/C14H23NO/c1-13(2)12-16-10-9-15(3)11-14-7-5-4-6-8-14/h4-8,13H,9-12H2,1-3H3. The fourth-order valence-corrected chi connectivity index (χ4v) is 1.51. The smallest absolute Gasteiger partial charge is 0.0593 e. The largest absolute Gasteiger partial charge is 0.380 e. The normalized spacial score (nSPS) is 11.3. The number of rotatable bonds is 7. The topological polar surface area (TPSA) is 12.5 Å². The van der Waals surface area contributed by atoms with Crippen LogP contribution in [0.25, 0.3) is 0 Å². The molecular weight excluding hydrogens is 198 g/mol. The van der Waals surface area contributed by atoms with Crippen LogP contribution in [-0.2, 0) is 11.3 Å². The Morgan fingerprint density at radius 3 is 2.50 bits per heavy atom. The molecule has 0 atom stereocenters. The number of likely N-dealkylation sites (N-methyl/N-ethyl adjacent to an activating group) is 1. The van der Waals surface area contributed by atoms with Gasteiger partial charge in [-0.3, -0.25) is 4.90 Å². The van der Waals surface area contributed by atoms with E-state index in [0.29, 0.717) is 5.92 Å². The number of ether oxygens (including phenoxy) is 1. The molecule has 0 unspecified atom stereocenters. The Morgan fingerprint density at radius 1 is 1.19 bits per heavy atom. The fraction of sp³-hybridized carbons (Fsp3) is 0.571. The van der Waals surface area contributed by atoms with Crippen LogP contribution in [0.2, 0.25) is 0 Å². The van der Waals surface area contributed by atoms with Crippen LogP contribution in [0.1, 0.15) is 19.4 Å². The van der Waals surface area contributed by atoms with Gasteiger partial charge in [0.05, 0.1) is 6.61 Å². The van der Waals surface area contributed by atoms with Gasteiger partial charge in [0.2, 0.25) is 0 Å². The Hall–Kier alpha value is -0.860. The Labute approximate surface area is 99.2 Å². The summed E-state index contributed by atoms with van der Waals surface area (Å²) >= 11 is 0. The van der Waals surface area contributed by atoms with Crippen LogP contribution in [0.3, 0.4) is 0 Å². The summed E-state index contributed by atoms with van der Waals surface area (Å²) in [5, 5.41) is 0. The summed E-state index contributed by atoms with van der Waals surface area (Å²) in [5.74, 6) is 0.624. The summed E-state index contributed by atoms with van der Waals surface area (Å²) in [4.78, 5) is 2.29. The van der Waals surface area contributed by atoms with Gasteiger partial charge in [-0.25, -0.2) is 0 Å². The van der Waals surface area contributed by atoms with Gasteiger partial charge in [0.1, 0.15) is 0 Å². The van der Waals surface area contributed by atoms with E-state index in [0.717, 1.165) is 26.3 Å². The lowest BCUT2D eigenvalue weighted by Gasteiger charge is -2.17. The van der Waals surface area contributed by atoms with Crippen LogP contribution in [0.4, 0.5) is 0 Å². The van der Waals surface area contributed by atoms with Crippen LogP contribution < -0.4 is 0 Å². The van der Waals surface area contributed by atoms with Crippen LogP contribution >= 0.6 is 0 Å². The average molecular weight is 221 g/mol. The van der Waals surface area contributed by atoms with Crippen molar-refractivity contribution in [1.82, 2.24) is 4.90 Å². The molecule has 0 bridgehead atoms. The summed E-state index contributed by atoms with van der Waals surface area (Å²) in [6.45, 7) is 8.01. The van der Waals surface area contributed by atoms with Crippen molar-refractivity contribution < 1.29 is 4.74 Å². The predicted molar refractivity (Wildman–Crippen MR) is 68.4 cm³/mol. The number of hydrogen-bond acceptors (Lipinski definition) is 2. The number of hydrogen-bond donors (Lipinski definition) is 0. The van der Waals surface area contributed by atoms with Crippen molar-refractivity contribution in [2.75, 3.05) is 26.8 Å². The molecule has 0 saturated heterocycles. The zero-order valence-electron chi connectivity index (χ0n) is 10.6. The zero-order valence-corrected chi connectivity index (χ0v) is 10.6. The van der Waals surface area contributed by atoms with E-state index in [-0.39, 0.29) is 0 Å². The van der Waals surface area contributed by atoms with Crippen molar-refractivity contribution >= 4 is 0 Å². The third-order valence-corrected chi connectivity index (χ3v) is 2.36. The first-order valence-corrected chi connectivity index (χ1v) is 5.98. The van der Waals surface area contributed by atoms with Crippen molar-refractivity contribution in [3.05, 3.63) is 35.9 Å². The van der Waals surface area contributed by atoms with Gasteiger partial charge in [0.25, 0.3) is 0 Å². The predicted octanol–water partition coefficient (Wildman–Crippen LogP) is 2.79. The summed E-state index contributed by atoms with van der Waals surface area (Å²) in [7, 11) is 2.13. The molecule has 0 N–H and O–H groups in total. The molecule has 0 fully saturated rings. The van der Waals surface area contributed by atoms with Gasteiger partial charge < -0.3 is 4.74 Å². The van der Waals surface area contributed by atoms with Crippen molar-refractivity contribution in [3.63, 3.8) is 0 Å². The van der Waals surface area contributed by atoms with Gasteiger partial charge in [0.15, 0.2) is 0 Å². The third-order valence-electron chi connectivity index (χ3n) is 2.36. The molecule has 0 spiro atoms. The molecule has 0 aliphatic rings. The summed E-state index contributed by atoms with van der Waals surface area (Å²) < 4.78 is 5.56. The summed E-state index contributed by atoms with van der Waals surface area (Å²) in [5.41, 5.74) is 1.36. The van der Waals surface area contributed by atoms with Crippen molar-refractivity contribution in [2.45, 2.75) is 20.4 Å². The van der Waals surface area contributed by atoms with Crippen molar-refractivity contribution in [1.29, 1.82) is 0 Å².